The summed E-state index contributed by atoms with van der Waals surface area (Å²) in [5.41, 5.74) is 3.07. The molecule has 2 aromatic carbocycles. The van der Waals surface area contributed by atoms with E-state index in [2.05, 4.69) is 5.32 Å². The van der Waals surface area contributed by atoms with Gasteiger partial charge in [0.15, 0.2) is 11.4 Å². The number of nitrogens with zero attached hydrogens (tertiary/aromatic N) is 2. The second kappa shape index (κ2) is 12.4. The minimum atomic E-state index is -2.76. The number of esters is 1. The van der Waals surface area contributed by atoms with Crippen LogP contribution in [0.25, 0.3) is 11.1 Å². The summed E-state index contributed by atoms with van der Waals surface area (Å²) in [6, 6.07) is 6.76. The first-order chi connectivity index (χ1) is 22.6. The molecule has 5 rings (SSSR count). The van der Waals surface area contributed by atoms with Gasteiger partial charge in [0.25, 0.3) is 11.8 Å². The van der Waals surface area contributed by atoms with E-state index in [1.807, 2.05) is 0 Å². The highest BCUT2D eigenvalue weighted by molar-refractivity contribution is 6.25. The number of Topliss-reactive ketones (excluding diaryl/α,β-unsaturated/α-hetero) is 2. The van der Waals surface area contributed by atoms with Crippen LogP contribution in [-0.2, 0) is 25.5 Å². The van der Waals surface area contributed by atoms with Crippen LogP contribution in [-0.4, -0.2) is 108 Å². The lowest BCUT2D eigenvalue weighted by molar-refractivity contribution is -0.148. The number of benzene rings is 2. The minimum Gasteiger partial charge on any atom is -0.510 e. The lowest BCUT2D eigenvalue weighted by Crippen LogP contribution is -2.63. The number of aliphatic hydroxyl groups excluding tert-OH is 2. The van der Waals surface area contributed by atoms with Gasteiger partial charge in [0.2, 0.25) is 5.78 Å². The number of phenolic OH excluding ortho intramolecular Hbond substituents is 1. The molecular weight excluding hydrogens is 624 g/mol. The van der Waals surface area contributed by atoms with Gasteiger partial charge in [-0.2, -0.15) is 0 Å². The maximum atomic E-state index is 14.3. The number of hydrogen-bond acceptors (Lipinski definition) is 12. The molecule has 0 aliphatic heterocycles. The Morgan fingerprint density at radius 2 is 1.77 bits per heavy atom. The van der Waals surface area contributed by atoms with Gasteiger partial charge in [-0.3, -0.25) is 28.9 Å². The topological polar surface area (TPSA) is 220 Å². The van der Waals surface area contributed by atoms with Crippen molar-refractivity contribution >= 4 is 35.0 Å². The zero-order chi connectivity index (χ0) is 35.4. The highest BCUT2D eigenvalue weighted by atomic mass is 16.5. The van der Waals surface area contributed by atoms with E-state index in [1.54, 1.807) is 58.2 Å². The Morgan fingerprint density at radius 3 is 2.38 bits per heavy atom. The van der Waals surface area contributed by atoms with E-state index in [4.69, 9.17) is 10.5 Å². The van der Waals surface area contributed by atoms with E-state index in [-0.39, 0.29) is 48.3 Å². The summed E-state index contributed by atoms with van der Waals surface area (Å²) in [7, 11) is 6.63. The minimum absolute atomic E-state index is 0.0376. The number of allylic oxidation sites excluding steroid dienone is 1. The molecule has 3 aliphatic carbocycles. The number of anilines is 1. The molecule has 0 fully saturated rings. The molecule has 14 nitrogen and oxygen atoms in total. The summed E-state index contributed by atoms with van der Waals surface area (Å²) in [6.45, 7) is 1.46. The third-order valence-electron chi connectivity index (χ3n) is 9.32. The molecule has 7 N–H and O–H groups in total. The fraction of sp³-hybridized carbons (Fsp3) is 0.382. The zero-order valence-corrected chi connectivity index (χ0v) is 27.2. The summed E-state index contributed by atoms with van der Waals surface area (Å²) in [6.07, 6.45) is 0.0797. The Morgan fingerprint density at radius 1 is 1.08 bits per heavy atom. The number of hydrogen-bond donors (Lipinski definition) is 6. The van der Waals surface area contributed by atoms with Gasteiger partial charge in [0, 0.05) is 42.4 Å². The highest BCUT2D eigenvalue weighted by Gasteiger charge is 2.63. The van der Waals surface area contributed by atoms with Gasteiger partial charge in [0.1, 0.15) is 29.4 Å². The molecule has 2 amide bonds. The smallest absolute Gasteiger partial charge is 0.325 e. The lowest BCUT2D eigenvalue weighted by atomic mass is 9.58. The first-order valence-electron chi connectivity index (χ1n) is 15.3. The summed E-state index contributed by atoms with van der Waals surface area (Å²) in [5, 5.41) is 48.6. The number of phenols is 1. The molecule has 0 unspecified atom stereocenters. The summed E-state index contributed by atoms with van der Waals surface area (Å²) in [4.78, 5) is 68.0. The number of ether oxygens (including phenoxy) is 1. The van der Waals surface area contributed by atoms with Crippen molar-refractivity contribution < 1.29 is 49.1 Å². The Balaban J connectivity index is 1.64. The number of amides is 2. The molecule has 48 heavy (non-hydrogen) atoms. The van der Waals surface area contributed by atoms with Crippen molar-refractivity contribution in [2.75, 3.05) is 46.2 Å². The van der Waals surface area contributed by atoms with Crippen LogP contribution < -0.4 is 16.0 Å². The van der Waals surface area contributed by atoms with E-state index in [1.165, 1.54) is 17.0 Å². The van der Waals surface area contributed by atoms with Crippen molar-refractivity contribution in [1.29, 1.82) is 0 Å². The number of carbonyl (C=O) groups is 5. The quantitative estimate of drug-likeness (QED) is 0.173. The summed E-state index contributed by atoms with van der Waals surface area (Å²) in [5.74, 6) is -8.55. The van der Waals surface area contributed by atoms with Gasteiger partial charge in [-0.1, -0.05) is 12.1 Å². The van der Waals surface area contributed by atoms with Crippen molar-refractivity contribution in [3.8, 4) is 16.9 Å². The van der Waals surface area contributed by atoms with Gasteiger partial charge in [0.05, 0.1) is 18.2 Å². The number of carbonyl (C=O) groups excluding carboxylic acids is 5. The predicted octanol–water partition coefficient (Wildman–Crippen LogP) is 1.15. The predicted molar refractivity (Wildman–Crippen MR) is 172 cm³/mol. The van der Waals surface area contributed by atoms with Crippen molar-refractivity contribution in [2.45, 2.75) is 31.4 Å². The Bertz CT molecular complexity index is 1830. The monoisotopic (exact) mass is 662 g/mol. The number of primary amides is 1. The van der Waals surface area contributed by atoms with Crippen LogP contribution in [0.3, 0.4) is 0 Å². The third kappa shape index (κ3) is 5.26. The summed E-state index contributed by atoms with van der Waals surface area (Å²) >= 11 is 0. The van der Waals surface area contributed by atoms with Gasteiger partial charge in [-0.25, -0.2) is 0 Å². The fourth-order valence-electron chi connectivity index (χ4n) is 7.21. The molecule has 4 atom stereocenters. The number of nitrogens with two attached hydrogens (primary N) is 1. The second-order valence-electron chi connectivity index (χ2n) is 12.6. The zero-order valence-electron chi connectivity index (χ0n) is 27.2. The molecule has 0 bridgehead atoms. The normalized spacial score (nSPS) is 23.4. The van der Waals surface area contributed by atoms with Gasteiger partial charge in [-0.15, -0.1) is 0 Å². The first kappa shape index (κ1) is 34.1. The molecule has 0 radical (unpaired) electrons. The van der Waals surface area contributed by atoms with E-state index >= 15 is 0 Å². The highest BCUT2D eigenvalue weighted by Crippen LogP contribution is 2.54. The Kier molecular flexibility index (Phi) is 8.84. The van der Waals surface area contributed by atoms with Gasteiger partial charge in [-0.05, 0) is 69.1 Å². The number of aromatic hydroxyl groups is 1. The molecule has 0 aromatic heterocycles. The fourth-order valence-corrected chi connectivity index (χ4v) is 7.21. The van der Waals surface area contributed by atoms with Crippen molar-refractivity contribution in [3.05, 3.63) is 69.7 Å². The van der Waals surface area contributed by atoms with E-state index in [0.717, 1.165) is 0 Å². The van der Waals surface area contributed by atoms with E-state index in [0.29, 0.717) is 16.8 Å². The number of rotatable bonds is 8. The van der Waals surface area contributed by atoms with Crippen molar-refractivity contribution in [2.24, 2.45) is 17.6 Å². The van der Waals surface area contributed by atoms with Gasteiger partial charge >= 0.3 is 5.97 Å². The molecule has 254 valence electrons. The van der Waals surface area contributed by atoms with Crippen molar-refractivity contribution in [3.63, 3.8) is 0 Å². The molecule has 0 heterocycles. The van der Waals surface area contributed by atoms with Gasteiger partial charge < -0.3 is 41.1 Å². The second-order valence-corrected chi connectivity index (χ2v) is 12.6. The number of likely N-dealkylation sites (N-methyl/N-ethyl adjacent to an activating group) is 1. The SMILES string of the molecule is CCOC(=O)CNC(=O)c1cccc(-c2cc(N(C)C)c3c(c2O)C(=O)C2=C(O)[C@]4(O)C(=O)C(C(N)=O)=C(O)[C@@H](N(C)C)[C@@H]4C[C@@H]2C3)c1. The number of ketones is 2. The van der Waals surface area contributed by atoms with Crippen LogP contribution >= 0.6 is 0 Å². The molecule has 0 saturated carbocycles. The largest absolute Gasteiger partial charge is 0.510 e. The van der Waals surface area contributed by atoms with E-state index in [9.17, 15) is 44.4 Å². The first-order valence-corrected chi connectivity index (χ1v) is 15.3. The van der Waals surface area contributed by atoms with Crippen LogP contribution in [0.4, 0.5) is 5.69 Å². The number of fused-ring (bicyclic) bond motifs is 3. The maximum Gasteiger partial charge on any atom is 0.325 e. The van der Waals surface area contributed by atoms with Crippen LogP contribution in [0, 0.1) is 11.8 Å². The van der Waals surface area contributed by atoms with Crippen LogP contribution in [0.2, 0.25) is 0 Å². The molecule has 2 aromatic rings. The lowest BCUT2D eigenvalue weighted by Gasteiger charge is -2.50. The third-order valence-corrected chi connectivity index (χ3v) is 9.32. The maximum absolute atomic E-state index is 14.3. The van der Waals surface area contributed by atoms with Crippen molar-refractivity contribution in [1.82, 2.24) is 10.2 Å². The number of aliphatic hydroxyl groups is 3. The van der Waals surface area contributed by atoms with Crippen LogP contribution in [0.1, 0.15) is 39.6 Å². The molecule has 14 heteroatoms. The molecule has 3 aliphatic rings. The Hall–Kier alpha value is -5.21. The molecule has 0 saturated heterocycles. The molecular formula is C34H38N4O10. The average molecular weight is 663 g/mol. The number of nitrogens with one attached hydrogen (secondary N) is 1. The Labute approximate surface area is 276 Å². The average Bonchev–Trinajstić information content (AvgIpc) is 3.01. The van der Waals surface area contributed by atoms with Crippen LogP contribution in [0.5, 0.6) is 5.75 Å². The molecule has 0 spiro atoms. The van der Waals surface area contributed by atoms with Crippen LogP contribution in [0.15, 0.2) is 53.0 Å². The standard InChI is InChI=1S/C34H38N4O10/c1-6-48-22(39)14-36-33(46)16-9-7-8-15(10-16)18-13-21(37(2)3)19-11-17-12-20-26(38(4)5)29(42)25(32(35)45)31(44)34(20,47)30(43)23(17)28(41)24(19)27(18)40/h7-10,13,17,20,26,40,42-43,47H,6,11-12,14H2,1-5H3,(H2,35,45)(H,36,46)/t17-,20-,26-,34-/m0/s1. The summed E-state index contributed by atoms with van der Waals surface area (Å²) < 4.78 is 4.84. The van der Waals surface area contributed by atoms with E-state index < -0.39 is 75.7 Å².